The second-order valence-electron chi connectivity index (χ2n) is 7.38. The van der Waals surface area contributed by atoms with Crippen LogP contribution in [-0.4, -0.2) is 11.8 Å². The highest BCUT2D eigenvalue weighted by atomic mass is 16.2. The molecular weight excluding hydrogens is 396 g/mol. The van der Waals surface area contributed by atoms with E-state index in [9.17, 15) is 9.59 Å². The standard InChI is InChI=1S/2C14H13NO/c2*1-11-6-5-7-12(10-11)14(16)15-13-8-3-2-4-9-13/h2*2-10H,1H3,(H,15,16). The van der Waals surface area contributed by atoms with Crippen LogP contribution in [0.3, 0.4) is 0 Å². The maximum absolute atomic E-state index is 11.9. The molecule has 0 atom stereocenters. The summed E-state index contributed by atoms with van der Waals surface area (Å²) in [5.41, 5.74) is 5.16. The summed E-state index contributed by atoms with van der Waals surface area (Å²) >= 11 is 0. The molecule has 4 aromatic rings. The highest BCUT2D eigenvalue weighted by Crippen LogP contribution is 2.11. The number of hydrogen-bond acceptors (Lipinski definition) is 2. The van der Waals surface area contributed by atoms with Crippen molar-refractivity contribution in [3.05, 3.63) is 131 Å². The van der Waals surface area contributed by atoms with Crippen molar-refractivity contribution in [2.45, 2.75) is 13.8 Å². The van der Waals surface area contributed by atoms with Gasteiger partial charge in [-0.3, -0.25) is 9.59 Å². The molecule has 160 valence electrons. The SMILES string of the molecule is Cc1cccc(C(=O)Nc2ccccc2)c1.Cc1cccc(C(=O)Nc2ccccc2)c1. The van der Waals surface area contributed by atoms with Gasteiger partial charge in [-0.25, -0.2) is 0 Å². The van der Waals surface area contributed by atoms with Crippen LogP contribution in [0.2, 0.25) is 0 Å². The van der Waals surface area contributed by atoms with Gasteiger partial charge >= 0.3 is 0 Å². The Hall–Kier alpha value is -4.18. The van der Waals surface area contributed by atoms with E-state index >= 15 is 0 Å². The summed E-state index contributed by atoms with van der Waals surface area (Å²) in [7, 11) is 0. The molecule has 4 rings (SSSR count). The topological polar surface area (TPSA) is 58.2 Å². The van der Waals surface area contributed by atoms with Crippen molar-refractivity contribution in [1.82, 2.24) is 0 Å². The lowest BCUT2D eigenvalue weighted by Crippen LogP contribution is -2.11. The van der Waals surface area contributed by atoms with E-state index in [1.54, 1.807) is 0 Å². The molecule has 4 nitrogen and oxygen atoms in total. The number of rotatable bonds is 4. The van der Waals surface area contributed by atoms with Gasteiger partial charge < -0.3 is 10.6 Å². The predicted octanol–water partition coefficient (Wildman–Crippen LogP) is 6.49. The monoisotopic (exact) mass is 422 g/mol. The van der Waals surface area contributed by atoms with Gasteiger partial charge in [0.2, 0.25) is 0 Å². The molecule has 2 amide bonds. The average Bonchev–Trinajstić information content (AvgIpc) is 2.81. The van der Waals surface area contributed by atoms with E-state index in [2.05, 4.69) is 10.6 Å². The second-order valence-corrected chi connectivity index (χ2v) is 7.38. The Kier molecular flexibility index (Phi) is 7.93. The summed E-state index contributed by atoms with van der Waals surface area (Å²) in [6.45, 7) is 3.94. The van der Waals surface area contributed by atoms with Gasteiger partial charge in [-0.1, -0.05) is 71.8 Å². The molecule has 4 aromatic carbocycles. The number of nitrogens with one attached hydrogen (secondary N) is 2. The Bertz CT molecular complexity index is 1080. The number of para-hydroxylation sites is 2. The molecular formula is C28H26N2O2. The van der Waals surface area contributed by atoms with E-state index in [0.29, 0.717) is 11.1 Å². The molecule has 0 unspecified atom stereocenters. The third kappa shape index (κ3) is 6.96. The fourth-order valence-corrected chi connectivity index (χ4v) is 3.02. The first kappa shape index (κ1) is 22.5. The zero-order chi connectivity index (χ0) is 22.8. The van der Waals surface area contributed by atoms with Crippen molar-refractivity contribution < 1.29 is 9.59 Å². The Morgan fingerprint density at radius 1 is 0.500 bits per heavy atom. The molecule has 0 aliphatic rings. The van der Waals surface area contributed by atoms with Crippen molar-refractivity contribution in [3.8, 4) is 0 Å². The van der Waals surface area contributed by atoms with Gasteiger partial charge in [-0.15, -0.1) is 0 Å². The van der Waals surface area contributed by atoms with E-state index in [-0.39, 0.29) is 11.8 Å². The molecule has 0 aliphatic heterocycles. The van der Waals surface area contributed by atoms with Crippen LogP contribution in [0.15, 0.2) is 109 Å². The van der Waals surface area contributed by atoms with Crippen LogP contribution in [0.1, 0.15) is 31.8 Å². The van der Waals surface area contributed by atoms with Crippen LogP contribution < -0.4 is 10.6 Å². The third-order valence-electron chi connectivity index (χ3n) is 4.62. The summed E-state index contributed by atoms with van der Waals surface area (Å²) in [6.07, 6.45) is 0. The molecule has 0 saturated carbocycles. The molecule has 0 bridgehead atoms. The zero-order valence-electron chi connectivity index (χ0n) is 18.2. The van der Waals surface area contributed by atoms with Crippen LogP contribution >= 0.6 is 0 Å². The van der Waals surface area contributed by atoms with Crippen LogP contribution in [0.25, 0.3) is 0 Å². The molecule has 32 heavy (non-hydrogen) atoms. The molecule has 0 heterocycles. The van der Waals surface area contributed by atoms with Crippen molar-refractivity contribution in [2.24, 2.45) is 0 Å². The van der Waals surface area contributed by atoms with Crippen LogP contribution in [0, 0.1) is 13.8 Å². The average molecular weight is 423 g/mol. The number of amides is 2. The Morgan fingerprint density at radius 3 is 1.22 bits per heavy atom. The van der Waals surface area contributed by atoms with Gasteiger partial charge in [-0.2, -0.15) is 0 Å². The largest absolute Gasteiger partial charge is 0.322 e. The van der Waals surface area contributed by atoms with E-state index < -0.39 is 0 Å². The lowest BCUT2D eigenvalue weighted by Gasteiger charge is -2.05. The van der Waals surface area contributed by atoms with Crippen LogP contribution in [-0.2, 0) is 0 Å². The number of anilines is 2. The normalized spacial score (nSPS) is 9.81. The molecule has 0 spiro atoms. The highest BCUT2D eigenvalue weighted by molar-refractivity contribution is 6.04. The fourth-order valence-electron chi connectivity index (χ4n) is 3.02. The van der Waals surface area contributed by atoms with Gasteiger partial charge in [0.05, 0.1) is 0 Å². The quantitative estimate of drug-likeness (QED) is 0.395. The number of carbonyl (C=O) groups is 2. The van der Waals surface area contributed by atoms with Gasteiger partial charge in [-0.05, 0) is 62.4 Å². The highest BCUT2D eigenvalue weighted by Gasteiger charge is 2.06. The number of aryl methyl sites for hydroxylation is 2. The number of benzene rings is 4. The van der Waals surface area contributed by atoms with E-state index in [1.807, 2.05) is 123 Å². The molecule has 0 saturated heterocycles. The van der Waals surface area contributed by atoms with Crippen molar-refractivity contribution in [3.63, 3.8) is 0 Å². The summed E-state index contributed by atoms with van der Waals surface area (Å²) in [4.78, 5) is 23.7. The second kappa shape index (κ2) is 11.3. The lowest BCUT2D eigenvalue weighted by atomic mass is 10.1. The van der Waals surface area contributed by atoms with E-state index in [0.717, 1.165) is 22.5 Å². The minimum atomic E-state index is -0.0742. The minimum Gasteiger partial charge on any atom is -0.322 e. The first-order chi connectivity index (χ1) is 15.5. The van der Waals surface area contributed by atoms with Crippen molar-refractivity contribution in [1.29, 1.82) is 0 Å². The summed E-state index contributed by atoms with van der Waals surface area (Å²) < 4.78 is 0. The Morgan fingerprint density at radius 2 is 0.875 bits per heavy atom. The summed E-state index contributed by atoms with van der Waals surface area (Å²) in [5, 5.41) is 5.69. The van der Waals surface area contributed by atoms with Crippen LogP contribution in [0.5, 0.6) is 0 Å². The molecule has 2 N–H and O–H groups in total. The van der Waals surface area contributed by atoms with Gasteiger partial charge in [0.1, 0.15) is 0 Å². The van der Waals surface area contributed by atoms with E-state index in [1.165, 1.54) is 0 Å². The van der Waals surface area contributed by atoms with Crippen molar-refractivity contribution in [2.75, 3.05) is 10.6 Å². The maximum atomic E-state index is 11.9. The zero-order valence-corrected chi connectivity index (χ0v) is 18.2. The Balaban J connectivity index is 0.000000181. The molecule has 0 aromatic heterocycles. The first-order valence-corrected chi connectivity index (χ1v) is 10.4. The number of carbonyl (C=O) groups excluding carboxylic acids is 2. The van der Waals surface area contributed by atoms with Gasteiger partial charge in [0.25, 0.3) is 11.8 Å². The maximum Gasteiger partial charge on any atom is 0.255 e. The number of hydrogen-bond donors (Lipinski definition) is 2. The summed E-state index contributed by atoms with van der Waals surface area (Å²) in [5.74, 6) is -0.148. The molecule has 0 fully saturated rings. The summed E-state index contributed by atoms with van der Waals surface area (Å²) in [6, 6.07) is 34.0. The lowest BCUT2D eigenvalue weighted by molar-refractivity contribution is 0.101. The third-order valence-corrected chi connectivity index (χ3v) is 4.62. The fraction of sp³-hybridized carbons (Fsp3) is 0.0714. The van der Waals surface area contributed by atoms with E-state index in [4.69, 9.17) is 0 Å². The van der Waals surface area contributed by atoms with Crippen molar-refractivity contribution >= 4 is 23.2 Å². The first-order valence-electron chi connectivity index (χ1n) is 10.4. The Labute approximate surface area is 188 Å². The smallest absolute Gasteiger partial charge is 0.255 e. The molecule has 4 heteroatoms. The molecule has 0 aliphatic carbocycles. The minimum absolute atomic E-state index is 0.0742. The predicted molar refractivity (Wildman–Crippen MR) is 131 cm³/mol. The molecule has 0 radical (unpaired) electrons. The van der Waals surface area contributed by atoms with Crippen LogP contribution in [0.4, 0.5) is 11.4 Å². The van der Waals surface area contributed by atoms with Gasteiger partial charge in [0, 0.05) is 22.5 Å². The van der Waals surface area contributed by atoms with Gasteiger partial charge in [0.15, 0.2) is 0 Å².